The number of aliphatic carboxylic acids is 1. The minimum absolute atomic E-state index is 0.00993. The summed E-state index contributed by atoms with van der Waals surface area (Å²) in [6, 6.07) is -0.0710. The van der Waals surface area contributed by atoms with Gasteiger partial charge in [0.15, 0.2) is 0 Å². The molecule has 0 aromatic rings. The van der Waals surface area contributed by atoms with Gasteiger partial charge in [-0.2, -0.15) is 0 Å². The third kappa shape index (κ3) is 2.40. The van der Waals surface area contributed by atoms with Crippen LogP contribution >= 0.6 is 0 Å². The number of amides is 2. The lowest BCUT2D eigenvalue weighted by molar-refractivity contribution is -0.137. The zero-order valence-corrected chi connectivity index (χ0v) is 9.43. The molecule has 86 valence electrons. The van der Waals surface area contributed by atoms with Crippen molar-refractivity contribution < 1.29 is 14.7 Å². The van der Waals surface area contributed by atoms with E-state index < -0.39 is 5.97 Å². The van der Waals surface area contributed by atoms with Crippen LogP contribution < -0.4 is 0 Å². The SMILES string of the molecule is CCC1CN(C(C)CC(=O)O)C(=O)N1C. The van der Waals surface area contributed by atoms with Gasteiger partial charge in [0, 0.05) is 19.6 Å². The topological polar surface area (TPSA) is 60.9 Å². The van der Waals surface area contributed by atoms with E-state index in [2.05, 4.69) is 0 Å². The molecule has 0 radical (unpaired) electrons. The smallest absolute Gasteiger partial charge is 0.320 e. The van der Waals surface area contributed by atoms with Gasteiger partial charge in [0.2, 0.25) is 0 Å². The van der Waals surface area contributed by atoms with Gasteiger partial charge in [-0.05, 0) is 13.3 Å². The molecular formula is C10H18N2O3. The van der Waals surface area contributed by atoms with Crippen LogP contribution in [-0.2, 0) is 4.79 Å². The van der Waals surface area contributed by atoms with Gasteiger partial charge in [-0.1, -0.05) is 6.92 Å². The Hall–Kier alpha value is -1.26. The third-order valence-electron chi connectivity index (χ3n) is 2.98. The molecule has 15 heavy (non-hydrogen) atoms. The Kier molecular flexibility index (Phi) is 3.55. The van der Waals surface area contributed by atoms with Crippen LogP contribution in [0.1, 0.15) is 26.7 Å². The van der Waals surface area contributed by atoms with Crippen LogP contribution in [-0.4, -0.2) is 52.6 Å². The second-order valence-corrected chi connectivity index (χ2v) is 4.05. The summed E-state index contributed by atoms with van der Waals surface area (Å²) in [6.45, 7) is 4.44. The molecule has 2 amide bonds. The number of hydrogen-bond donors (Lipinski definition) is 1. The average molecular weight is 214 g/mol. The van der Waals surface area contributed by atoms with Gasteiger partial charge in [-0.15, -0.1) is 0 Å². The van der Waals surface area contributed by atoms with Gasteiger partial charge in [-0.25, -0.2) is 4.79 Å². The predicted molar refractivity (Wildman–Crippen MR) is 55.7 cm³/mol. The van der Waals surface area contributed by atoms with E-state index in [1.807, 2.05) is 6.92 Å². The van der Waals surface area contributed by atoms with Crippen molar-refractivity contribution in [3.8, 4) is 0 Å². The minimum atomic E-state index is -0.863. The molecule has 1 rings (SSSR count). The van der Waals surface area contributed by atoms with Crippen LogP contribution in [0.5, 0.6) is 0 Å². The Morgan fingerprint density at radius 3 is 2.67 bits per heavy atom. The number of likely N-dealkylation sites (N-methyl/N-ethyl adjacent to an activating group) is 1. The monoisotopic (exact) mass is 214 g/mol. The number of carbonyl (C=O) groups excluding carboxylic acids is 1. The van der Waals surface area contributed by atoms with Gasteiger partial charge in [0.05, 0.1) is 12.5 Å². The Balaban J connectivity index is 2.64. The maximum Gasteiger partial charge on any atom is 0.320 e. The highest BCUT2D eigenvalue weighted by molar-refractivity contribution is 5.78. The highest BCUT2D eigenvalue weighted by Gasteiger charge is 2.36. The predicted octanol–water partition coefficient (Wildman–Crippen LogP) is 0.996. The zero-order chi connectivity index (χ0) is 11.6. The van der Waals surface area contributed by atoms with Crippen molar-refractivity contribution in [1.82, 2.24) is 9.80 Å². The van der Waals surface area contributed by atoms with E-state index in [9.17, 15) is 9.59 Å². The van der Waals surface area contributed by atoms with E-state index in [4.69, 9.17) is 5.11 Å². The Labute approximate surface area is 89.7 Å². The lowest BCUT2D eigenvalue weighted by Crippen LogP contribution is -2.37. The largest absolute Gasteiger partial charge is 0.481 e. The number of nitrogens with zero attached hydrogens (tertiary/aromatic N) is 2. The van der Waals surface area contributed by atoms with Gasteiger partial charge >= 0.3 is 12.0 Å². The molecule has 1 fully saturated rings. The molecule has 2 unspecified atom stereocenters. The third-order valence-corrected chi connectivity index (χ3v) is 2.98. The first-order chi connectivity index (χ1) is 6.97. The number of carboxylic acid groups (broad SMARTS) is 1. The zero-order valence-electron chi connectivity index (χ0n) is 9.43. The van der Waals surface area contributed by atoms with Gasteiger partial charge in [0.1, 0.15) is 0 Å². The summed E-state index contributed by atoms with van der Waals surface area (Å²) in [5.41, 5.74) is 0. The number of carboxylic acids is 1. The molecule has 0 aromatic heterocycles. The van der Waals surface area contributed by atoms with Crippen LogP contribution in [0.2, 0.25) is 0 Å². The highest BCUT2D eigenvalue weighted by Crippen LogP contribution is 2.20. The normalized spacial score (nSPS) is 23.4. The maximum absolute atomic E-state index is 11.8. The summed E-state index contributed by atoms with van der Waals surface area (Å²) < 4.78 is 0. The molecule has 1 N–H and O–H groups in total. The summed E-state index contributed by atoms with van der Waals surface area (Å²) >= 11 is 0. The molecule has 1 heterocycles. The molecule has 1 saturated heterocycles. The molecule has 0 aromatic carbocycles. The first-order valence-corrected chi connectivity index (χ1v) is 5.22. The van der Waals surface area contributed by atoms with Gasteiger partial charge in [-0.3, -0.25) is 4.79 Å². The van der Waals surface area contributed by atoms with Crippen LogP contribution in [0.15, 0.2) is 0 Å². The quantitative estimate of drug-likeness (QED) is 0.759. The lowest BCUT2D eigenvalue weighted by Gasteiger charge is -2.22. The molecule has 0 spiro atoms. The standard InChI is InChI=1S/C10H18N2O3/c1-4-8-6-12(10(15)11(8)3)7(2)5-9(13)14/h7-8H,4-6H2,1-3H3,(H,13,14). The number of carbonyl (C=O) groups is 2. The molecule has 1 aliphatic rings. The van der Waals surface area contributed by atoms with E-state index in [-0.39, 0.29) is 24.5 Å². The summed E-state index contributed by atoms with van der Waals surface area (Å²) in [5.74, 6) is -0.863. The van der Waals surface area contributed by atoms with Crippen molar-refractivity contribution in [1.29, 1.82) is 0 Å². The van der Waals surface area contributed by atoms with E-state index in [1.54, 1.807) is 23.8 Å². The molecule has 1 aliphatic heterocycles. The highest BCUT2D eigenvalue weighted by atomic mass is 16.4. The molecule has 2 atom stereocenters. The Bertz CT molecular complexity index is 267. The van der Waals surface area contributed by atoms with E-state index in [0.717, 1.165) is 6.42 Å². The molecule has 0 bridgehead atoms. The van der Waals surface area contributed by atoms with Gasteiger partial charge in [0.25, 0.3) is 0 Å². The van der Waals surface area contributed by atoms with E-state index in [0.29, 0.717) is 6.54 Å². The fourth-order valence-electron chi connectivity index (χ4n) is 1.92. The summed E-state index contributed by atoms with van der Waals surface area (Å²) in [6.07, 6.45) is 0.911. The fraction of sp³-hybridized carbons (Fsp3) is 0.800. The van der Waals surface area contributed by atoms with Crippen LogP contribution in [0.25, 0.3) is 0 Å². The van der Waals surface area contributed by atoms with Crippen molar-refractivity contribution in [3.05, 3.63) is 0 Å². The average Bonchev–Trinajstić information content (AvgIpc) is 2.43. The fourth-order valence-corrected chi connectivity index (χ4v) is 1.92. The van der Waals surface area contributed by atoms with Crippen LogP contribution in [0.4, 0.5) is 4.79 Å². The molecule has 0 aliphatic carbocycles. The van der Waals surface area contributed by atoms with Crippen molar-refractivity contribution in [2.75, 3.05) is 13.6 Å². The second-order valence-electron chi connectivity index (χ2n) is 4.05. The second kappa shape index (κ2) is 4.51. The summed E-state index contributed by atoms with van der Waals surface area (Å²) in [7, 11) is 1.77. The molecule has 5 heteroatoms. The first-order valence-electron chi connectivity index (χ1n) is 5.22. The van der Waals surface area contributed by atoms with Crippen molar-refractivity contribution >= 4 is 12.0 Å². The number of hydrogen-bond acceptors (Lipinski definition) is 2. The lowest BCUT2D eigenvalue weighted by atomic mass is 10.2. The minimum Gasteiger partial charge on any atom is -0.481 e. The molecule has 5 nitrogen and oxygen atoms in total. The first kappa shape index (κ1) is 11.8. The van der Waals surface area contributed by atoms with E-state index in [1.165, 1.54) is 0 Å². The summed E-state index contributed by atoms with van der Waals surface area (Å²) in [4.78, 5) is 25.6. The Morgan fingerprint density at radius 1 is 1.67 bits per heavy atom. The van der Waals surface area contributed by atoms with Gasteiger partial charge < -0.3 is 14.9 Å². The van der Waals surface area contributed by atoms with E-state index >= 15 is 0 Å². The summed E-state index contributed by atoms with van der Waals surface area (Å²) in [5, 5.41) is 8.67. The number of urea groups is 1. The van der Waals surface area contributed by atoms with Crippen molar-refractivity contribution in [3.63, 3.8) is 0 Å². The molecule has 0 saturated carbocycles. The number of rotatable bonds is 4. The Morgan fingerprint density at radius 2 is 2.27 bits per heavy atom. The van der Waals surface area contributed by atoms with Crippen molar-refractivity contribution in [2.45, 2.75) is 38.8 Å². The molecular weight excluding hydrogens is 196 g/mol. The van der Waals surface area contributed by atoms with Crippen molar-refractivity contribution in [2.24, 2.45) is 0 Å². The van der Waals surface area contributed by atoms with Crippen LogP contribution in [0, 0.1) is 0 Å². The van der Waals surface area contributed by atoms with Crippen LogP contribution in [0.3, 0.4) is 0 Å². The maximum atomic E-state index is 11.8.